The highest BCUT2D eigenvalue weighted by molar-refractivity contribution is 5.69. The molecule has 0 fully saturated rings. The van der Waals surface area contributed by atoms with E-state index in [0.29, 0.717) is 0 Å². The molecule has 0 aromatic heterocycles. The lowest BCUT2D eigenvalue weighted by molar-refractivity contribution is -0.138. The molecule has 0 radical (unpaired) electrons. The van der Waals surface area contributed by atoms with Gasteiger partial charge in [0.1, 0.15) is 0 Å². The fourth-order valence-corrected chi connectivity index (χ4v) is 0.391. The van der Waals surface area contributed by atoms with E-state index < -0.39 is 11.9 Å². The van der Waals surface area contributed by atoms with Crippen molar-refractivity contribution in [1.82, 2.24) is 0 Å². The van der Waals surface area contributed by atoms with Crippen LogP contribution in [0.25, 0.3) is 0 Å². The summed E-state index contributed by atoms with van der Waals surface area (Å²) in [4.78, 5) is 19.6. The smallest absolute Gasteiger partial charge is 0.303 e. The molecule has 0 aliphatic heterocycles. The zero-order valence-electron chi connectivity index (χ0n) is 7.40. The van der Waals surface area contributed by atoms with Crippen molar-refractivity contribution in [3.05, 3.63) is 25.3 Å². The normalized spacial score (nSPS) is 7.69. The molecule has 0 heterocycles. The Bertz CT molecular complexity index is 164. The van der Waals surface area contributed by atoms with Gasteiger partial charge in [0.15, 0.2) is 0 Å². The topological polar surface area (TPSA) is 74.6 Å². The molecular weight excluding hydrogens is 172 g/mol. The molecule has 0 amide bonds. The van der Waals surface area contributed by atoms with Crippen LogP contribution in [0.1, 0.15) is 19.3 Å². The highest BCUT2D eigenvalue weighted by Crippen LogP contribution is 1.93. The predicted molar refractivity (Wildman–Crippen MR) is 49.5 cm³/mol. The average molecular weight is 186 g/mol. The number of aliphatic carboxylic acids is 2. The average Bonchev–Trinajstić information content (AvgIpc) is 2.03. The van der Waals surface area contributed by atoms with Crippen LogP contribution in [-0.4, -0.2) is 22.2 Å². The van der Waals surface area contributed by atoms with Crippen LogP contribution in [0.5, 0.6) is 0 Å². The van der Waals surface area contributed by atoms with Gasteiger partial charge in [-0.15, -0.1) is 0 Å². The first kappa shape index (κ1) is 14.0. The van der Waals surface area contributed by atoms with Crippen LogP contribution in [0, 0.1) is 0 Å². The fraction of sp³-hybridized carbons (Fsp3) is 0.333. The number of carboxylic acids is 2. The van der Waals surface area contributed by atoms with Crippen molar-refractivity contribution in [2.75, 3.05) is 0 Å². The highest BCUT2D eigenvalue weighted by atomic mass is 16.4. The first-order valence-electron chi connectivity index (χ1n) is 3.71. The molecule has 0 bridgehead atoms. The number of allylic oxidation sites excluding steroid dienone is 2. The maximum atomic E-state index is 9.79. The number of carboxylic acid groups (broad SMARTS) is 2. The number of hydrogen-bond acceptors (Lipinski definition) is 2. The summed E-state index contributed by atoms with van der Waals surface area (Å²) in [7, 11) is 0. The second kappa shape index (κ2) is 10.4. The molecule has 13 heavy (non-hydrogen) atoms. The Balaban J connectivity index is 0. The van der Waals surface area contributed by atoms with Crippen LogP contribution in [0.3, 0.4) is 0 Å². The predicted octanol–water partition coefficient (Wildman–Crippen LogP) is 1.68. The van der Waals surface area contributed by atoms with Crippen LogP contribution in [0.4, 0.5) is 0 Å². The molecule has 0 unspecified atom stereocenters. The molecule has 0 rings (SSSR count). The van der Waals surface area contributed by atoms with Crippen LogP contribution in [-0.2, 0) is 9.59 Å². The van der Waals surface area contributed by atoms with E-state index in [1.807, 2.05) is 0 Å². The van der Waals surface area contributed by atoms with Gasteiger partial charge < -0.3 is 10.2 Å². The summed E-state index contributed by atoms with van der Waals surface area (Å²) >= 11 is 0. The molecule has 2 N–H and O–H groups in total. The standard InChI is InChI=1S/C5H8O4.C4H6/c6-4(7)2-1-3-5(8)9;1-3-4-2/h1-3H2,(H,6,7)(H,8,9);3-4H,1-2H2. The fourth-order valence-electron chi connectivity index (χ4n) is 0.391. The summed E-state index contributed by atoms with van der Waals surface area (Å²) in [5.74, 6) is -1.90. The Morgan fingerprint density at radius 2 is 1.31 bits per heavy atom. The lowest BCUT2D eigenvalue weighted by Crippen LogP contribution is -1.98. The van der Waals surface area contributed by atoms with Crippen molar-refractivity contribution in [2.45, 2.75) is 19.3 Å². The lowest BCUT2D eigenvalue weighted by Gasteiger charge is -1.89. The summed E-state index contributed by atoms with van der Waals surface area (Å²) in [6.45, 7) is 6.72. The molecule has 0 saturated heterocycles. The third-order valence-electron chi connectivity index (χ3n) is 0.948. The summed E-state index contributed by atoms with van der Waals surface area (Å²) in [6, 6.07) is 0. The molecule has 0 saturated carbocycles. The Morgan fingerprint density at radius 1 is 1.00 bits per heavy atom. The first-order chi connectivity index (χ1) is 6.04. The molecule has 0 aliphatic carbocycles. The van der Waals surface area contributed by atoms with Crippen LogP contribution < -0.4 is 0 Å². The van der Waals surface area contributed by atoms with Crippen LogP contribution >= 0.6 is 0 Å². The third kappa shape index (κ3) is 25.1. The Kier molecular flexibility index (Phi) is 11.2. The van der Waals surface area contributed by atoms with E-state index in [1.54, 1.807) is 12.2 Å². The van der Waals surface area contributed by atoms with Crippen LogP contribution in [0.2, 0.25) is 0 Å². The Hall–Kier alpha value is -1.58. The van der Waals surface area contributed by atoms with Crippen LogP contribution in [0.15, 0.2) is 25.3 Å². The molecule has 0 atom stereocenters. The third-order valence-corrected chi connectivity index (χ3v) is 0.948. The number of hydrogen-bond donors (Lipinski definition) is 2. The van der Waals surface area contributed by atoms with Gasteiger partial charge in [-0.05, 0) is 6.42 Å². The number of carbonyl (C=O) groups is 2. The highest BCUT2D eigenvalue weighted by Gasteiger charge is 1.99. The van der Waals surface area contributed by atoms with Gasteiger partial charge >= 0.3 is 11.9 Å². The minimum absolute atomic E-state index is 0.0632. The zero-order valence-corrected chi connectivity index (χ0v) is 7.40. The van der Waals surface area contributed by atoms with Gasteiger partial charge in [-0.2, -0.15) is 0 Å². The number of rotatable bonds is 5. The lowest BCUT2D eigenvalue weighted by atomic mass is 10.2. The van der Waals surface area contributed by atoms with Crippen molar-refractivity contribution >= 4 is 11.9 Å². The van der Waals surface area contributed by atoms with Crippen molar-refractivity contribution in [3.63, 3.8) is 0 Å². The van der Waals surface area contributed by atoms with Crippen molar-refractivity contribution in [3.8, 4) is 0 Å². The molecule has 0 aromatic carbocycles. The SMILES string of the molecule is C=CC=C.O=C(O)CCCC(=O)O. The van der Waals surface area contributed by atoms with Gasteiger partial charge in [-0.25, -0.2) is 0 Å². The van der Waals surface area contributed by atoms with Crippen molar-refractivity contribution < 1.29 is 19.8 Å². The largest absolute Gasteiger partial charge is 0.481 e. The summed E-state index contributed by atoms with van der Waals surface area (Å²) in [5, 5.41) is 16.1. The first-order valence-corrected chi connectivity index (χ1v) is 3.71. The maximum Gasteiger partial charge on any atom is 0.303 e. The van der Waals surface area contributed by atoms with Gasteiger partial charge in [0.25, 0.3) is 0 Å². The second-order valence-corrected chi connectivity index (χ2v) is 2.11. The monoisotopic (exact) mass is 186 g/mol. The zero-order chi connectivity index (χ0) is 10.7. The van der Waals surface area contributed by atoms with E-state index in [1.165, 1.54) is 0 Å². The van der Waals surface area contributed by atoms with Crippen molar-refractivity contribution in [1.29, 1.82) is 0 Å². The van der Waals surface area contributed by atoms with E-state index in [9.17, 15) is 9.59 Å². The van der Waals surface area contributed by atoms with E-state index in [0.717, 1.165) is 0 Å². The van der Waals surface area contributed by atoms with E-state index in [4.69, 9.17) is 10.2 Å². The summed E-state index contributed by atoms with van der Waals surface area (Å²) < 4.78 is 0. The second-order valence-electron chi connectivity index (χ2n) is 2.11. The van der Waals surface area contributed by atoms with Gasteiger partial charge in [-0.1, -0.05) is 25.3 Å². The van der Waals surface area contributed by atoms with E-state index in [-0.39, 0.29) is 19.3 Å². The summed E-state index contributed by atoms with van der Waals surface area (Å²) in [5.41, 5.74) is 0. The molecule has 4 heteroatoms. The van der Waals surface area contributed by atoms with Crippen molar-refractivity contribution in [2.24, 2.45) is 0 Å². The quantitative estimate of drug-likeness (QED) is 0.640. The molecule has 74 valence electrons. The Labute approximate surface area is 77.2 Å². The van der Waals surface area contributed by atoms with E-state index in [2.05, 4.69) is 13.2 Å². The van der Waals surface area contributed by atoms with Gasteiger partial charge in [0, 0.05) is 12.8 Å². The van der Waals surface area contributed by atoms with E-state index >= 15 is 0 Å². The molecule has 0 aliphatic rings. The Morgan fingerprint density at radius 3 is 1.46 bits per heavy atom. The minimum Gasteiger partial charge on any atom is -0.481 e. The van der Waals surface area contributed by atoms with Gasteiger partial charge in [0.2, 0.25) is 0 Å². The molecule has 0 aromatic rings. The minimum atomic E-state index is -0.948. The van der Waals surface area contributed by atoms with Gasteiger partial charge in [-0.3, -0.25) is 9.59 Å². The van der Waals surface area contributed by atoms with Gasteiger partial charge in [0.05, 0.1) is 0 Å². The summed E-state index contributed by atoms with van der Waals surface area (Å²) in [6.07, 6.45) is 3.36. The molecular formula is C9H14O4. The maximum absolute atomic E-state index is 9.79. The molecule has 0 spiro atoms. The molecule has 4 nitrogen and oxygen atoms in total.